The maximum Gasteiger partial charge on any atom is 0.305 e. The molecule has 0 spiro atoms. The first kappa shape index (κ1) is 46.6. The number of aliphatic hydroxyl groups is 2. The minimum atomic E-state index is -0.996. The molecule has 0 saturated heterocycles. The van der Waals surface area contributed by atoms with E-state index in [1.807, 2.05) is 19.1 Å². The van der Waals surface area contributed by atoms with E-state index >= 15 is 0 Å². The lowest BCUT2D eigenvalue weighted by atomic mass is 10.0. The van der Waals surface area contributed by atoms with Gasteiger partial charge in [-0.3, -0.25) is 9.59 Å². The van der Waals surface area contributed by atoms with E-state index in [0.29, 0.717) is 19.3 Å². The van der Waals surface area contributed by atoms with Crippen molar-refractivity contribution in [2.75, 3.05) is 13.2 Å². The normalized spacial score (nSPS) is 13.5. The Kier molecular flexibility index (Phi) is 36.5. The van der Waals surface area contributed by atoms with Gasteiger partial charge in [0.2, 0.25) is 0 Å². The molecule has 0 aliphatic rings. The molecule has 0 aromatic rings. The summed E-state index contributed by atoms with van der Waals surface area (Å²) in [5, 5.41) is 19.4. The average Bonchev–Trinajstić information content (AvgIpc) is 3.10. The molecule has 0 heterocycles. The highest BCUT2D eigenvalue weighted by Crippen LogP contribution is 2.14. The Morgan fingerprint density at radius 2 is 0.918 bits per heavy atom. The number of carbonyl (C=O) groups is 2. The van der Waals surface area contributed by atoms with Crippen LogP contribution in [-0.4, -0.2) is 47.6 Å². The van der Waals surface area contributed by atoms with Crippen molar-refractivity contribution in [3.63, 3.8) is 0 Å². The standard InChI is InChI=1S/C43H74O6/c1-3-5-6-7-8-9-10-11-12-13-14-18-21-24-27-30-33-36-42(46)48-38-41(45)39-49-43(47)37-34-31-28-25-22-19-16-15-17-20-23-26-29-32-35-40(44)4-2/h16-17,19-20,25-26,28-29,32,35,40-41,44-45H,3-15,18,21-24,27,30-31,33-34,36-39H2,1-2H3/b19-16-,20-17-,28-25-,29-26-,35-32+/t40-,41-/m0/s1. The van der Waals surface area contributed by atoms with Gasteiger partial charge in [0, 0.05) is 12.8 Å². The van der Waals surface area contributed by atoms with Crippen molar-refractivity contribution >= 4 is 11.9 Å². The number of aliphatic hydroxyl groups excluding tert-OH is 2. The van der Waals surface area contributed by atoms with Gasteiger partial charge in [0.05, 0.1) is 6.10 Å². The largest absolute Gasteiger partial charge is 0.463 e. The molecular weight excluding hydrogens is 612 g/mol. The SMILES string of the molecule is CCCCCCCCCCCCCCCCCCCC(=O)OC[C@H](O)COC(=O)CCC/C=C\C/C=C\C/C=C\C/C=C\C=C\[C@@H](O)CC. The zero-order chi connectivity index (χ0) is 35.9. The second-order valence-corrected chi connectivity index (χ2v) is 13.2. The van der Waals surface area contributed by atoms with Gasteiger partial charge in [-0.2, -0.15) is 0 Å². The van der Waals surface area contributed by atoms with E-state index in [1.54, 1.807) is 6.08 Å². The van der Waals surface area contributed by atoms with Crippen LogP contribution in [-0.2, 0) is 19.1 Å². The molecule has 0 aliphatic heterocycles. The summed E-state index contributed by atoms with van der Waals surface area (Å²) in [6, 6.07) is 0. The van der Waals surface area contributed by atoms with Crippen molar-refractivity contribution in [3.8, 4) is 0 Å². The minimum absolute atomic E-state index is 0.142. The van der Waals surface area contributed by atoms with Crippen molar-refractivity contribution in [3.05, 3.63) is 60.8 Å². The Morgan fingerprint density at radius 1 is 0.510 bits per heavy atom. The number of rotatable bonds is 35. The Bertz CT molecular complexity index is 887. The van der Waals surface area contributed by atoms with Gasteiger partial charge in [-0.1, -0.05) is 177 Å². The van der Waals surface area contributed by atoms with Crippen LogP contribution in [0.1, 0.15) is 174 Å². The molecule has 49 heavy (non-hydrogen) atoms. The van der Waals surface area contributed by atoms with Crippen LogP contribution in [0.4, 0.5) is 0 Å². The van der Waals surface area contributed by atoms with E-state index in [2.05, 4.69) is 49.5 Å². The number of hydrogen-bond acceptors (Lipinski definition) is 6. The summed E-state index contributed by atoms with van der Waals surface area (Å²) in [5.74, 6) is -0.649. The van der Waals surface area contributed by atoms with E-state index in [0.717, 1.165) is 51.4 Å². The van der Waals surface area contributed by atoms with Crippen molar-refractivity contribution in [2.24, 2.45) is 0 Å². The summed E-state index contributed by atoms with van der Waals surface area (Å²) >= 11 is 0. The number of hydrogen-bond donors (Lipinski definition) is 2. The van der Waals surface area contributed by atoms with E-state index in [4.69, 9.17) is 9.47 Å². The second kappa shape index (κ2) is 38.4. The van der Waals surface area contributed by atoms with Crippen LogP contribution in [0, 0.1) is 0 Å². The van der Waals surface area contributed by atoms with Crippen LogP contribution in [0.2, 0.25) is 0 Å². The molecule has 2 atom stereocenters. The monoisotopic (exact) mass is 687 g/mol. The second-order valence-electron chi connectivity index (χ2n) is 13.2. The van der Waals surface area contributed by atoms with Gasteiger partial charge in [-0.15, -0.1) is 0 Å². The number of allylic oxidation sites excluding steroid dienone is 9. The first-order chi connectivity index (χ1) is 24.0. The zero-order valence-corrected chi connectivity index (χ0v) is 31.5. The number of unbranched alkanes of at least 4 members (excludes halogenated alkanes) is 17. The zero-order valence-electron chi connectivity index (χ0n) is 31.5. The molecule has 0 bridgehead atoms. The third-order valence-electron chi connectivity index (χ3n) is 8.42. The highest BCUT2D eigenvalue weighted by molar-refractivity contribution is 5.69. The summed E-state index contributed by atoms with van der Waals surface area (Å²) in [6.07, 6.45) is 46.6. The Morgan fingerprint density at radius 3 is 1.39 bits per heavy atom. The fourth-order valence-electron chi connectivity index (χ4n) is 5.25. The number of carbonyl (C=O) groups excluding carboxylic acids is 2. The van der Waals surface area contributed by atoms with Gasteiger partial charge in [-0.05, 0) is 44.9 Å². The van der Waals surface area contributed by atoms with Gasteiger partial charge in [0.25, 0.3) is 0 Å². The highest BCUT2D eigenvalue weighted by Gasteiger charge is 2.12. The van der Waals surface area contributed by atoms with Crippen LogP contribution < -0.4 is 0 Å². The molecule has 0 amide bonds. The van der Waals surface area contributed by atoms with Crippen LogP contribution in [0.5, 0.6) is 0 Å². The molecule has 0 fully saturated rings. The molecule has 0 aromatic heterocycles. The summed E-state index contributed by atoms with van der Waals surface area (Å²) < 4.78 is 10.3. The third-order valence-corrected chi connectivity index (χ3v) is 8.42. The maximum atomic E-state index is 12.0. The lowest BCUT2D eigenvalue weighted by molar-refractivity contribution is -0.152. The maximum absolute atomic E-state index is 12.0. The van der Waals surface area contributed by atoms with E-state index in [1.165, 1.54) is 89.9 Å². The predicted molar refractivity (Wildman–Crippen MR) is 206 cm³/mol. The predicted octanol–water partition coefficient (Wildman–Crippen LogP) is 11.4. The average molecular weight is 687 g/mol. The summed E-state index contributed by atoms with van der Waals surface area (Å²) in [7, 11) is 0. The fourth-order valence-corrected chi connectivity index (χ4v) is 5.25. The van der Waals surface area contributed by atoms with Crippen molar-refractivity contribution < 1.29 is 29.3 Å². The lowest BCUT2D eigenvalue weighted by Crippen LogP contribution is -2.25. The third kappa shape index (κ3) is 38.2. The molecule has 0 radical (unpaired) electrons. The summed E-state index contributed by atoms with van der Waals surface area (Å²) in [5.41, 5.74) is 0. The van der Waals surface area contributed by atoms with Crippen molar-refractivity contribution in [2.45, 2.75) is 187 Å². The van der Waals surface area contributed by atoms with E-state index in [9.17, 15) is 19.8 Å². The Labute approximate surface area is 301 Å². The van der Waals surface area contributed by atoms with Gasteiger partial charge in [0.1, 0.15) is 19.3 Å². The lowest BCUT2D eigenvalue weighted by Gasteiger charge is -2.12. The molecule has 282 valence electrons. The Balaban J connectivity index is 3.55. The molecule has 2 N–H and O–H groups in total. The molecule has 0 aromatic carbocycles. The molecular formula is C43H74O6. The van der Waals surface area contributed by atoms with E-state index < -0.39 is 6.10 Å². The smallest absolute Gasteiger partial charge is 0.305 e. The minimum Gasteiger partial charge on any atom is -0.463 e. The van der Waals surface area contributed by atoms with Crippen LogP contribution in [0.3, 0.4) is 0 Å². The molecule has 6 nitrogen and oxygen atoms in total. The quantitative estimate of drug-likeness (QED) is 0.0298. The van der Waals surface area contributed by atoms with Gasteiger partial charge in [-0.25, -0.2) is 0 Å². The first-order valence-electron chi connectivity index (χ1n) is 19.9. The molecule has 0 aliphatic carbocycles. The first-order valence-corrected chi connectivity index (χ1v) is 19.9. The van der Waals surface area contributed by atoms with Gasteiger partial charge in [0.15, 0.2) is 0 Å². The van der Waals surface area contributed by atoms with Crippen LogP contribution in [0.15, 0.2) is 60.8 Å². The van der Waals surface area contributed by atoms with Crippen LogP contribution in [0.25, 0.3) is 0 Å². The van der Waals surface area contributed by atoms with Crippen molar-refractivity contribution in [1.29, 1.82) is 0 Å². The van der Waals surface area contributed by atoms with Crippen LogP contribution >= 0.6 is 0 Å². The molecule has 6 heteroatoms. The summed E-state index contributed by atoms with van der Waals surface area (Å²) in [6.45, 7) is 3.92. The highest BCUT2D eigenvalue weighted by atomic mass is 16.6. The number of esters is 2. The summed E-state index contributed by atoms with van der Waals surface area (Å²) in [4.78, 5) is 23.9. The fraction of sp³-hybridized carbons (Fsp3) is 0.721. The van der Waals surface area contributed by atoms with Gasteiger partial charge < -0.3 is 19.7 Å². The molecule has 0 rings (SSSR count). The topological polar surface area (TPSA) is 93.1 Å². The Hall–Kier alpha value is -2.44. The van der Waals surface area contributed by atoms with Gasteiger partial charge >= 0.3 is 11.9 Å². The van der Waals surface area contributed by atoms with E-state index in [-0.39, 0.29) is 31.3 Å². The van der Waals surface area contributed by atoms with Crippen molar-refractivity contribution in [1.82, 2.24) is 0 Å². The molecule has 0 saturated carbocycles. The molecule has 0 unspecified atom stereocenters. The number of ether oxygens (including phenoxy) is 2.